The van der Waals surface area contributed by atoms with Crippen LogP contribution in [-0.4, -0.2) is 21.7 Å². The van der Waals surface area contributed by atoms with Crippen LogP contribution in [0.1, 0.15) is 29.0 Å². The first kappa shape index (κ1) is 20.4. The molecular weight excluding hydrogens is 420 g/mol. The van der Waals surface area contributed by atoms with Gasteiger partial charge in [0.05, 0.1) is 28.0 Å². The second-order valence-corrected chi connectivity index (χ2v) is 8.01. The number of thioether (sulfide) groups is 1. The van der Waals surface area contributed by atoms with Crippen molar-refractivity contribution in [3.63, 3.8) is 0 Å². The van der Waals surface area contributed by atoms with Crippen molar-refractivity contribution in [3.8, 4) is 6.07 Å². The molecule has 1 fully saturated rings. The topological polar surface area (TPSA) is 64.3 Å². The van der Waals surface area contributed by atoms with Gasteiger partial charge in [0.1, 0.15) is 5.82 Å². The lowest BCUT2D eigenvalue weighted by atomic mass is 9.85. The summed E-state index contributed by atoms with van der Waals surface area (Å²) in [4.78, 5) is 14.1. The molecule has 2 aromatic rings. The van der Waals surface area contributed by atoms with Gasteiger partial charge in [0.25, 0.3) is 0 Å². The van der Waals surface area contributed by atoms with Gasteiger partial charge in [0.2, 0.25) is 5.91 Å². The van der Waals surface area contributed by atoms with Crippen molar-refractivity contribution < 1.29 is 27.5 Å². The molecule has 2 aromatic carbocycles. The van der Waals surface area contributed by atoms with Crippen LogP contribution in [0.15, 0.2) is 59.1 Å². The molecule has 0 saturated carbocycles. The smallest absolute Gasteiger partial charge is 0.366 e. The maximum atomic E-state index is 13.3. The number of amides is 1. The van der Waals surface area contributed by atoms with Gasteiger partial charge in [0.15, 0.2) is 5.72 Å². The van der Waals surface area contributed by atoms with Crippen molar-refractivity contribution in [2.24, 2.45) is 0 Å². The number of fused-ring (bicyclic) bond motifs is 1. The lowest BCUT2D eigenvalue weighted by Gasteiger charge is -2.38. The Morgan fingerprint density at radius 3 is 2.33 bits per heavy atom. The quantitative estimate of drug-likeness (QED) is 0.708. The van der Waals surface area contributed by atoms with Crippen LogP contribution in [0.4, 0.5) is 17.6 Å². The number of aliphatic hydroxyl groups is 1. The molecule has 0 spiro atoms. The summed E-state index contributed by atoms with van der Waals surface area (Å²) in [5.74, 6) is -1.62. The summed E-state index contributed by atoms with van der Waals surface area (Å²) < 4.78 is 51.8. The predicted octanol–water partition coefficient (Wildman–Crippen LogP) is 4.49. The van der Waals surface area contributed by atoms with E-state index in [2.05, 4.69) is 6.07 Å². The minimum atomic E-state index is -4.48. The molecule has 0 bridgehead atoms. The number of benzene rings is 2. The highest BCUT2D eigenvalue weighted by Gasteiger charge is 2.51. The molecule has 0 aromatic heterocycles. The molecule has 4 nitrogen and oxygen atoms in total. The van der Waals surface area contributed by atoms with Gasteiger partial charge in [-0.2, -0.15) is 18.4 Å². The molecule has 1 saturated heterocycles. The van der Waals surface area contributed by atoms with Gasteiger partial charge in [0, 0.05) is 17.9 Å². The largest absolute Gasteiger partial charge is 0.416 e. The number of hydrogen-bond donors (Lipinski definition) is 1. The first-order valence-corrected chi connectivity index (χ1v) is 9.89. The van der Waals surface area contributed by atoms with E-state index in [-0.39, 0.29) is 22.8 Å². The molecule has 2 aliphatic heterocycles. The van der Waals surface area contributed by atoms with E-state index in [1.165, 1.54) is 36.4 Å². The molecular formula is C21H14F4N2O2S. The number of nitriles is 1. The van der Waals surface area contributed by atoms with Gasteiger partial charge in [-0.1, -0.05) is 24.3 Å². The van der Waals surface area contributed by atoms with Gasteiger partial charge in [-0.15, -0.1) is 11.8 Å². The number of hydrogen-bond acceptors (Lipinski definition) is 4. The summed E-state index contributed by atoms with van der Waals surface area (Å²) in [5.41, 5.74) is -1.62. The van der Waals surface area contributed by atoms with E-state index in [0.29, 0.717) is 11.1 Å². The van der Waals surface area contributed by atoms with E-state index in [9.17, 15) is 32.7 Å². The molecule has 2 aliphatic rings. The monoisotopic (exact) mass is 434 g/mol. The van der Waals surface area contributed by atoms with Crippen LogP contribution in [0.2, 0.25) is 0 Å². The highest BCUT2D eigenvalue weighted by atomic mass is 32.2. The highest BCUT2D eigenvalue weighted by Crippen LogP contribution is 2.51. The fourth-order valence-corrected chi connectivity index (χ4v) is 5.10. The Morgan fingerprint density at radius 1 is 1.13 bits per heavy atom. The standard InChI is InChI=1S/C21H14F4N2O2S/c22-15-7-5-13(6-8-15)20(29)11-30-19-17(10-26)16(9-18(28)27(19)20)12-1-3-14(4-2-12)21(23,24)25/h1-8,16,29H,9,11H2/t16-,20-/m0/s1. The summed E-state index contributed by atoms with van der Waals surface area (Å²) in [5, 5.41) is 21.2. The Kier molecular flexibility index (Phi) is 4.87. The third kappa shape index (κ3) is 3.26. The van der Waals surface area contributed by atoms with Crippen molar-refractivity contribution in [1.29, 1.82) is 5.26 Å². The van der Waals surface area contributed by atoms with Crippen molar-refractivity contribution in [3.05, 3.63) is 81.6 Å². The van der Waals surface area contributed by atoms with Gasteiger partial charge in [-0.25, -0.2) is 4.39 Å². The summed E-state index contributed by atoms with van der Waals surface area (Å²) in [6, 6.07) is 11.5. The molecule has 1 amide bonds. The number of carbonyl (C=O) groups excluding carboxylic acids is 1. The average Bonchev–Trinajstić information content (AvgIpc) is 3.07. The lowest BCUT2D eigenvalue weighted by molar-refractivity contribution is -0.149. The summed E-state index contributed by atoms with van der Waals surface area (Å²) in [6.45, 7) is 0. The first-order chi connectivity index (χ1) is 14.1. The molecule has 2 atom stereocenters. The molecule has 1 N–H and O–H groups in total. The molecule has 30 heavy (non-hydrogen) atoms. The molecule has 4 rings (SSSR count). The van der Waals surface area contributed by atoms with Crippen LogP contribution >= 0.6 is 11.8 Å². The Labute approximate surface area is 173 Å². The lowest BCUT2D eigenvalue weighted by Crippen LogP contribution is -2.48. The van der Waals surface area contributed by atoms with Crippen molar-refractivity contribution >= 4 is 17.7 Å². The Morgan fingerprint density at radius 2 is 1.77 bits per heavy atom. The first-order valence-electron chi connectivity index (χ1n) is 8.91. The van der Waals surface area contributed by atoms with Gasteiger partial charge in [-0.3, -0.25) is 9.69 Å². The van der Waals surface area contributed by atoms with E-state index in [4.69, 9.17) is 0 Å². The van der Waals surface area contributed by atoms with Gasteiger partial charge >= 0.3 is 6.18 Å². The Bertz CT molecular complexity index is 1070. The number of rotatable bonds is 2. The van der Waals surface area contributed by atoms with Crippen LogP contribution in [0.5, 0.6) is 0 Å². The average molecular weight is 434 g/mol. The Hall–Kier alpha value is -2.83. The number of carbonyl (C=O) groups is 1. The van der Waals surface area contributed by atoms with E-state index >= 15 is 0 Å². The molecule has 2 heterocycles. The Balaban J connectivity index is 1.74. The molecule has 9 heteroatoms. The third-order valence-corrected chi connectivity index (χ3v) is 6.48. The normalized spacial score (nSPS) is 24.1. The second kappa shape index (κ2) is 7.15. The van der Waals surface area contributed by atoms with Crippen LogP contribution < -0.4 is 0 Å². The number of alkyl halides is 3. The van der Waals surface area contributed by atoms with Crippen LogP contribution in [0.3, 0.4) is 0 Å². The van der Waals surface area contributed by atoms with Crippen molar-refractivity contribution in [1.82, 2.24) is 4.90 Å². The minimum absolute atomic E-state index is 0.0462. The predicted molar refractivity (Wildman–Crippen MR) is 101 cm³/mol. The zero-order valence-corrected chi connectivity index (χ0v) is 16.1. The number of nitrogens with zero attached hydrogens (tertiary/aromatic N) is 2. The van der Waals surface area contributed by atoms with Gasteiger partial charge in [-0.05, 0) is 29.8 Å². The summed E-state index contributed by atoms with van der Waals surface area (Å²) >= 11 is 1.11. The maximum absolute atomic E-state index is 13.3. The summed E-state index contributed by atoms with van der Waals surface area (Å²) in [6.07, 6.45) is -4.66. The molecule has 0 radical (unpaired) electrons. The van der Waals surface area contributed by atoms with E-state index < -0.39 is 35.1 Å². The van der Waals surface area contributed by atoms with E-state index in [1.54, 1.807) is 0 Å². The zero-order chi connectivity index (χ0) is 21.7. The molecule has 154 valence electrons. The number of halogens is 4. The maximum Gasteiger partial charge on any atom is 0.416 e. The van der Waals surface area contributed by atoms with Gasteiger partial charge < -0.3 is 5.11 Å². The molecule has 0 aliphatic carbocycles. The van der Waals surface area contributed by atoms with Crippen LogP contribution in [-0.2, 0) is 16.7 Å². The fraction of sp³-hybridized carbons (Fsp3) is 0.238. The van der Waals surface area contributed by atoms with E-state index in [0.717, 1.165) is 28.8 Å². The minimum Gasteiger partial charge on any atom is -0.366 e. The number of allylic oxidation sites excluding steroid dienone is 1. The van der Waals surface area contributed by atoms with Crippen molar-refractivity contribution in [2.75, 3.05) is 5.75 Å². The second-order valence-electron chi connectivity index (χ2n) is 7.05. The van der Waals surface area contributed by atoms with Crippen molar-refractivity contribution in [2.45, 2.75) is 24.2 Å². The van der Waals surface area contributed by atoms with Crippen LogP contribution in [0, 0.1) is 17.1 Å². The van der Waals surface area contributed by atoms with Crippen LogP contribution in [0.25, 0.3) is 0 Å². The van der Waals surface area contributed by atoms with E-state index in [1.807, 2.05) is 0 Å². The third-order valence-electron chi connectivity index (χ3n) is 5.26. The SMILES string of the molecule is N#CC1=C2SC[C@](O)(c3ccc(F)cc3)N2C(=O)C[C@H]1c1ccc(C(F)(F)F)cc1. The summed E-state index contributed by atoms with van der Waals surface area (Å²) in [7, 11) is 0. The zero-order valence-electron chi connectivity index (χ0n) is 15.3. The fourth-order valence-electron chi connectivity index (χ4n) is 3.74. The molecule has 0 unspecified atom stereocenters. The highest BCUT2D eigenvalue weighted by molar-refractivity contribution is 8.03.